The van der Waals surface area contributed by atoms with E-state index in [-0.39, 0.29) is 21.5 Å². The van der Waals surface area contributed by atoms with E-state index in [9.17, 15) is 18.3 Å². The van der Waals surface area contributed by atoms with E-state index in [2.05, 4.69) is 0 Å². The van der Waals surface area contributed by atoms with Crippen LogP contribution in [0.25, 0.3) is 0 Å². The zero-order valence-corrected chi connectivity index (χ0v) is 11.9. The van der Waals surface area contributed by atoms with E-state index in [1.165, 1.54) is 16.4 Å². The molecule has 2 heterocycles. The summed E-state index contributed by atoms with van der Waals surface area (Å²) in [6.07, 6.45) is 0.0757. The van der Waals surface area contributed by atoms with Gasteiger partial charge in [0.15, 0.2) is 0 Å². The number of carboxylic acids is 1. The van der Waals surface area contributed by atoms with Crippen molar-refractivity contribution in [1.82, 2.24) is 4.31 Å². The number of hydrogen-bond donors (Lipinski definition) is 2. The zero-order valence-electron chi connectivity index (χ0n) is 10.3. The fourth-order valence-electron chi connectivity index (χ4n) is 2.07. The van der Waals surface area contributed by atoms with Gasteiger partial charge in [0, 0.05) is 13.1 Å². The van der Waals surface area contributed by atoms with Gasteiger partial charge in [-0.2, -0.15) is 4.31 Å². The minimum absolute atomic E-state index is 0.00449. The summed E-state index contributed by atoms with van der Waals surface area (Å²) in [6, 6.07) is 2.61. The van der Waals surface area contributed by atoms with Crippen LogP contribution in [0, 0.1) is 5.92 Å². The number of sulfonamides is 1. The van der Waals surface area contributed by atoms with Gasteiger partial charge in [-0.1, -0.05) is 0 Å². The van der Waals surface area contributed by atoms with Gasteiger partial charge in [0.2, 0.25) is 0 Å². The van der Waals surface area contributed by atoms with E-state index in [1.807, 2.05) is 0 Å². The smallest absolute Gasteiger partial charge is 0.345 e. The number of carbonyl (C=O) groups is 1. The molecule has 0 aliphatic carbocycles. The number of carboxylic acid groups (broad SMARTS) is 1. The van der Waals surface area contributed by atoms with E-state index in [4.69, 9.17) is 5.11 Å². The quantitative estimate of drug-likeness (QED) is 0.859. The topological polar surface area (TPSA) is 94.9 Å². The monoisotopic (exact) mass is 305 g/mol. The van der Waals surface area contributed by atoms with Crippen molar-refractivity contribution in [2.45, 2.75) is 23.7 Å². The third-order valence-corrected chi connectivity index (χ3v) is 6.66. The Balaban J connectivity index is 2.21. The van der Waals surface area contributed by atoms with E-state index < -0.39 is 22.1 Å². The summed E-state index contributed by atoms with van der Waals surface area (Å²) in [6.45, 7) is 2.28. The first-order valence-corrected chi connectivity index (χ1v) is 8.09. The number of aliphatic hydroxyl groups is 1. The highest BCUT2D eigenvalue weighted by atomic mass is 32.2. The van der Waals surface area contributed by atoms with Gasteiger partial charge in [-0.3, -0.25) is 0 Å². The molecule has 2 atom stereocenters. The van der Waals surface area contributed by atoms with Gasteiger partial charge >= 0.3 is 5.97 Å². The fourth-order valence-corrected chi connectivity index (χ4v) is 4.88. The summed E-state index contributed by atoms with van der Waals surface area (Å²) in [5, 5.41) is 18.3. The van der Waals surface area contributed by atoms with E-state index in [1.54, 1.807) is 6.92 Å². The second kappa shape index (κ2) is 5.20. The van der Waals surface area contributed by atoms with Crippen LogP contribution in [0.2, 0.25) is 0 Å². The van der Waals surface area contributed by atoms with Gasteiger partial charge in [-0.05, 0) is 31.4 Å². The van der Waals surface area contributed by atoms with Gasteiger partial charge in [0.1, 0.15) is 9.09 Å². The van der Waals surface area contributed by atoms with Crippen molar-refractivity contribution in [1.29, 1.82) is 0 Å². The molecule has 1 aliphatic rings. The first-order chi connectivity index (χ1) is 8.82. The predicted molar refractivity (Wildman–Crippen MR) is 69.8 cm³/mol. The Hall–Kier alpha value is -0.960. The molecule has 8 heteroatoms. The Kier molecular flexibility index (Phi) is 3.95. The molecule has 106 valence electrons. The standard InChI is InChI=1S/C11H15NO5S2/c1-7(13)8-4-5-12(6-8)19(16,17)10-3-2-9(18-10)11(14)15/h2-3,7-8,13H,4-6H2,1H3,(H,14,15). The number of hydrogen-bond acceptors (Lipinski definition) is 5. The molecule has 0 spiro atoms. The molecular formula is C11H15NO5S2. The van der Waals surface area contributed by atoms with Crippen molar-refractivity contribution in [2.75, 3.05) is 13.1 Å². The SMILES string of the molecule is CC(O)C1CCN(S(=O)(=O)c2ccc(C(=O)O)s2)C1. The molecule has 2 rings (SSSR count). The third-order valence-electron chi connectivity index (χ3n) is 3.26. The lowest BCUT2D eigenvalue weighted by Gasteiger charge is -2.16. The number of aliphatic hydroxyl groups excluding tert-OH is 1. The summed E-state index contributed by atoms with van der Waals surface area (Å²) < 4.78 is 25.9. The van der Waals surface area contributed by atoms with Crippen LogP contribution < -0.4 is 0 Å². The first kappa shape index (κ1) is 14.4. The molecule has 0 radical (unpaired) electrons. The zero-order chi connectivity index (χ0) is 14.2. The fraction of sp³-hybridized carbons (Fsp3) is 0.545. The van der Waals surface area contributed by atoms with E-state index in [0.29, 0.717) is 13.0 Å². The van der Waals surface area contributed by atoms with E-state index >= 15 is 0 Å². The molecule has 0 saturated carbocycles. The van der Waals surface area contributed by atoms with Crippen molar-refractivity contribution in [2.24, 2.45) is 5.92 Å². The lowest BCUT2D eigenvalue weighted by molar-refractivity contribution is 0.0702. The van der Waals surface area contributed by atoms with Crippen LogP contribution in [0.4, 0.5) is 0 Å². The average molecular weight is 305 g/mol. The van der Waals surface area contributed by atoms with Crippen LogP contribution in [0.3, 0.4) is 0 Å². The van der Waals surface area contributed by atoms with Crippen molar-refractivity contribution >= 4 is 27.3 Å². The molecular weight excluding hydrogens is 290 g/mol. The Morgan fingerprint density at radius 2 is 2.21 bits per heavy atom. The summed E-state index contributed by atoms with van der Waals surface area (Å²) in [4.78, 5) is 10.8. The Labute approximate surface area is 115 Å². The van der Waals surface area contributed by atoms with Gasteiger partial charge in [0.25, 0.3) is 10.0 Å². The van der Waals surface area contributed by atoms with Crippen LogP contribution in [-0.4, -0.2) is 48.1 Å². The van der Waals surface area contributed by atoms with Crippen LogP contribution in [-0.2, 0) is 10.0 Å². The minimum atomic E-state index is -3.64. The number of nitrogens with zero attached hydrogens (tertiary/aromatic N) is 1. The molecule has 1 aliphatic heterocycles. The Morgan fingerprint density at radius 3 is 2.68 bits per heavy atom. The van der Waals surface area contributed by atoms with Gasteiger partial charge in [-0.25, -0.2) is 13.2 Å². The van der Waals surface area contributed by atoms with E-state index in [0.717, 1.165) is 11.3 Å². The maximum Gasteiger partial charge on any atom is 0.345 e. The van der Waals surface area contributed by atoms with Crippen molar-refractivity contribution in [3.63, 3.8) is 0 Å². The minimum Gasteiger partial charge on any atom is -0.477 e. The number of thiophene rings is 1. The summed E-state index contributed by atoms with van der Waals surface area (Å²) >= 11 is 0.753. The summed E-state index contributed by atoms with van der Waals surface area (Å²) in [5.41, 5.74) is 0. The molecule has 6 nitrogen and oxygen atoms in total. The molecule has 1 saturated heterocycles. The van der Waals surface area contributed by atoms with Crippen molar-refractivity contribution in [3.05, 3.63) is 17.0 Å². The number of rotatable bonds is 4. The summed E-state index contributed by atoms with van der Waals surface area (Å²) in [7, 11) is -3.64. The Bertz CT molecular complexity index is 578. The molecule has 1 fully saturated rings. The van der Waals surface area contributed by atoms with Crippen LogP contribution in [0.5, 0.6) is 0 Å². The second-order valence-electron chi connectivity index (χ2n) is 4.58. The molecule has 0 amide bonds. The molecule has 2 unspecified atom stereocenters. The third kappa shape index (κ3) is 2.81. The van der Waals surface area contributed by atoms with Crippen LogP contribution >= 0.6 is 11.3 Å². The van der Waals surface area contributed by atoms with Gasteiger partial charge in [-0.15, -0.1) is 11.3 Å². The highest BCUT2D eigenvalue weighted by Gasteiger charge is 2.35. The highest BCUT2D eigenvalue weighted by Crippen LogP contribution is 2.30. The normalized spacial score (nSPS) is 22.5. The largest absolute Gasteiger partial charge is 0.477 e. The van der Waals surface area contributed by atoms with Gasteiger partial charge < -0.3 is 10.2 Å². The molecule has 1 aromatic rings. The highest BCUT2D eigenvalue weighted by molar-refractivity contribution is 7.91. The molecule has 1 aromatic heterocycles. The first-order valence-electron chi connectivity index (χ1n) is 5.83. The Morgan fingerprint density at radius 1 is 1.53 bits per heavy atom. The lowest BCUT2D eigenvalue weighted by Crippen LogP contribution is -2.30. The van der Waals surface area contributed by atoms with Gasteiger partial charge in [0.05, 0.1) is 6.10 Å². The van der Waals surface area contributed by atoms with Crippen LogP contribution in [0.15, 0.2) is 16.3 Å². The molecule has 0 aromatic carbocycles. The van der Waals surface area contributed by atoms with Crippen molar-refractivity contribution < 1.29 is 23.4 Å². The number of aromatic carboxylic acids is 1. The molecule has 0 bridgehead atoms. The summed E-state index contributed by atoms with van der Waals surface area (Å²) in [5.74, 6) is -1.19. The van der Waals surface area contributed by atoms with Crippen LogP contribution in [0.1, 0.15) is 23.0 Å². The lowest BCUT2D eigenvalue weighted by atomic mass is 10.0. The molecule has 2 N–H and O–H groups in total. The predicted octanol–water partition coefficient (Wildman–Crippen LogP) is 0.838. The molecule has 19 heavy (non-hydrogen) atoms. The van der Waals surface area contributed by atoms with Crippen molar-refractivity contribution in [3.8, 4) is 0 Å². The average Bonchev–Trinajstić information content (AvgIpc) is 2.99. The maximum atomic E-state index is 12.3. The second-order valence-corrected chi connectivity index (χ2v) is 7.82. The maximum absolute atomic E-state index is 12.3.